The third-order valence-electron chi connectivity index (χ3n) is 5.44. The first-order chi connectivity index (χ1) is 14.0. The summed E-state index contributed by atoms with van der Waals surface area (Å²) in [6, 6.07) is 13.7. The molecule has 0 unspecified atom stereocenters. The van der Waals surface area contributed by atoms with Gasteiger partial charge in [0.1, 0.15) is 5.75 Å². The Labute approximate surface area is 183 Å². The van der Waals surface area contributed by atoms with Crippen molar-refractivity contribution in [2.45, 2.75) is 32.2 Å². The Morgan fingerprint density at radius 1 is 1.17 bits per heavy atom. The molecule has 2 aromatic carbocycles. The summed E-state index contributed by atoms with van der Waals surface area (Å²) in [6.45, 7) is 3.31. The van der Waals surface area contributed by atoms with Crippen LogP contribution < -0.4 is 10.1 Å². The highest BCUT2D eigenvalue weighted by molar-refractivity contribution is 6.35. The second-order valence-corrected chi connectivity index (χ2v) is 8.38. The molecule has 156 valence electrons. The van der Waals surface area contributed by atoms with Crippen molar-refractivity contribution in [2.24, 2.45) is 5.92 Å². The molecule has 4 nitrogen and oxygen atoms in total. The fourth-order valence-electron chi connectivity index (χ4n) is 3.72. The van der Waals surface area contributed by atoms with Crippen molar-refractivity contribution in [1.82, 2.24) is 10.2 Å². The SMILES string of the molecule is COc1cccc(CCCNC(=O)C2CCN(Cc3ccc(Cl)cc3Cl)CC2)c1. The topological polar surface area (TPSA) is 41.6 Å². The molecule has 0 spiro atoms. The maximum absolute atomic E-state index is 12.5. The van der Waals surface area contributed by atoms with Crippen molar-refractivity contribution in [2.75, 3.05) is 26.7 Å². The number of nitrogens with zero attached hydrogens (tertiary/aromatic N) is 1. The summed E-state index contributed by atoms with van der Waals surface area (Å²) in [4.78, 5) is 14.8. The number of methoxy groups -OCH3 is 1. The van der Waals surface area contributed by atoms with Crippen molar-refractivity contribution < 1.29 is 9.53 Å². The predicted molar refractivity (Wildman–Crippen MR) is 119 cm³/mol. The quantitative estimate of drug-likeness (QED) is 0.596. The van der Waals surface area contributed by atoms with Gasteiger partial charge in [-0.15, -0.1) is 0 Å². The van der Waals surface area contributed by atoms with Gasteiger partial charge in [-0.05, 0) is 74.2 Å². The number of likely N-dealkylation sites (tertiary alicyclic amines) is 1. The average Bonchev–Trinajstić information content (AvgIpc) is 2.74. The number of nitrogens with one attached hydrogen (secondary N) is 1. The third-order valence-corrected chi connectivity index (χ3v) is 6.03. The second kappa shape index (κ2) is 10.9. The molecule has 0 aromatic heterocycles. The van der Waals surface area contributed by atoms with Crippen molar-refractivity contribution in [3.05, 3.63) is 63.6 Å². The number of aryl methyl sites for hydroxylation is 1. The standard InChI is InChI=1S/C23H28Cl2N2O2/c1-29-21-6-2-4-17(14-21)5-3-11-26-23(28)18-9-12-27(13-10-18)16-19-7-8-20(24)15-22(19)25/h2,4,6-8,14-15,18H,3,5,9-13,16H2,1H3,(H,26,28). The van der Waals surface area contributed by atoms with E-state index in [1.54, 1.807) is 13.2 Å². The molecule has 1 saturated heterocycles. The molecule has 0 aliphatic carbocycles. The van der Waals surface area contributed by atoms with Gasteiger partial charge in [-0.25, -0.2) is 0 Å². The molecule has 0 radical (unpaired) electrons. The summed E-state index contributed by atoms with van der Waals surface area (Å²) < 4.78 is 5.25. The number of benzene rings is 2. The van der Waals surface area contributed by atoms with Gasteiger partial charge in [-0.2, -0.15) is 0 Å². The summed E-state index contributed by atoms with van der Waals surface area (Å²) >= 11 is 12.2. The summed E-state index contributed by atoms with van der Waals surface area (Å²) in [5, 5.41) is 4.46. The molecule has 29 heavy (non-hydrogen) atoms. The van der Waals surface area contributed by atoms with Crippen LogP contribution in [0, 0.1) is 5.92 Å². The van der Waals surface area contributed by atoms with Crippen molar-refractivity contribution in [3.63, 3.8) is 0 Å². The Morgan fingerprint density at radius 2 is 1.97 bits per heavy atom. The number of hydrogen-bond donors (Lipinski definition) is 1. The molecule has 0 atom stereocenters. The Morgan fingerprint density at radius 3 is 2.69 bits per heavy atom. The maximum Gasteiger partial charge on any atom is 0.223 e. The number of halogens is 2. The molecular weight excluding hydrogens is 407 g/mol. The number of piperidine rings is 1. The predicted octanol–water partition coefficient (Wildman–Crippen LogP) is 4.96. The van der Waals surface area contributed by atoms with E-state index in [1.807, 2.05) is 30.3 Å². The highest BCUT2D eigenvalue weighted by Gasteiger charge is 2.25. The molecule has 6 heteroatoms. The van der Waals surface area contributed by atoms with Crippen LogP contribution in [0.15, 0.2) is 42.5 Å². The molecule has 3 rings (SSSR count). The smallest absolute Gasteiger partial charge is 0.223 e. The molecule has 0 bridgehead atoms. The number of carbonyl (C=O) groups is 1. The van der Waals surface area contributed by atoms with E-state index in [4.69, 9.17) is 27.9 Å². The molecule has 1 N–H and O–H groups in total. The van der Waals surface area contributed by atoms with E-state index >= 15 is 0 Å². The van der Waals surface area contributed by atoms with Gasteiger partial charge in [-0.3, -0.25) is 9.69 Å². The zero-order valence-electron chi connectivity index (χ0n) is 16.8. The highest BCUT2D eigenvalue weighted by Crippen LogP contribution is 2.25. The highest BCUT2D eigenvalue weighted by atomic mass is 35.5. The van der Waals surface area contributed by atoms with Gasteiger partial charge in [-0.1, -0.05) is 41.4 Å². The monoisotopic (exact) mass is 434 g/mol. The molecule has 1 heterocycles. The first-order valence-electron chi connectivity index (χ1n) is 10.1. The van der Waals surface area contributed by atoms with Crippen LogP contribution in [0.2, 0.25) is 10.0 Å². The Bertz CT molecular complexity index is 820. The average molecular weight is 435 g/mol. The van der Waals surface area contributed by atoms with Crippen LogP contribution in [0.5, 0.6) is 5.75 Å². The summed E-state index contributed by atoms with van der Waals surface area (Å²) in [7, 11) is 1.68. The lowest BCUT2D eigenvalue weighted by Gasteiger charge is -2.31. The van der Waals surface area contributed by atoms with E-state index in [1.165, 1.54) is 5.56 Å². The van der Waals surface area contributed by atoms with Gasteiger partial charge in [0.2, 0.25) is 5.91 Å². The molecule has 2 aromatic rings. The third kappa shape index (κ3) is 6.63. The minimum absolute atomic E-state index is 0.101. The fraction of sp³-hybridized carbons (Fsp3) is 0.435. The van der Waals surface area contributed by atoms with Crippen LogP contribution in [0.4, 0.5) is 0 Å². The van der Waals surface area contributed by atoms with Crippen molar-refractivity contribution >= 4 is 29.1 Å². The van der Waals surface area contributed by atoms with Crippen LogP contribution in [-0.2, 0) is 17.8 Å². The minimum atomic E-state index is 0.101. The van der Waals surface area contributed by atoms with Gasteiger partial charge in [0.15, 0.2) is 0 Å². The molecule has 1 aliphatic rings. The van der Waals surface area contributed by atoms with E-state index in [-0.39, 0.29) is 11.8 Å². The largest absolute Gasteiger partial charge is 0.497 e. The zero-order chi connectivity index (χ0) is 20.6. The van der Waals surface area contributed by atoms with Crippen LogP contribution >= 0.6 is 23.2 Å². The number of amides is 1. The molecule has 0 saturated carbocycles. The Kier molecular flexibility index (Phi) is 8.22. The number of rotatable bonds is 8. The number of carbonyl (C=O) groups excluding carboxylic acids is 1. The maximum atomic E-state index is 12.5. The summed E-state index contributed by atoms with van der Waals surface area (Å²) in [5.74, 6) is 1.15. The van der Waals surface area contributed by atoms with Crippen LogP contribution in [0.1, 0.15) is 30.4 Å². The van der Waals surface area contributed by atoms with E-state index < -0.39 is 0 Å². The van der Waals surface area contributed by atoms with Gasteiger partial charge in [0, 0.05) is 29.1 Å². The van der Waals surface area contributed by atoms with E-state index in [2.05, 4.69) is 16.3 Å². The Balaban J connectivity index is 1.36. The second-order valence-electron chi connectivity index (χ2n) is 7.53. The van der Waals surface area contributed by atoms with Crippen LogP contribution in [0.3, 0.4) is 0 Å². The Hall–Kier alpha value is -1.75. The van der Waals surface area contributed by atoms with Crippen molar-refractivity contribution in [3.8, 4) is 5.75 Å². The first kappa shape index (κ1) is 21.9. The molecular formula is C23H28Cl2N2O2. The molecule has 1 aliphatic heterocycles. The normalized spacial score (nSPS) is 15.3. The van der Waals surface area contributed by atoms with Gasteiger partial charge in [0.05, 0.1) is 7.11 Å². The van der Waals surface area contributed by atoms with E-state index in [0.717, 1.165) is 56.6 Å². The van der Waals surface area contributed by atoms with Gasteiger partial charge < -0.3 is 10.1 Å². The first-order valence-corrected chi connectivity index (χ1v) is 10.9. The van der Waals surface area contributed by atoms with E-state index in [0.29, 0.717) is 16.6 Å². The zero-order valence-corrected chi connectivity index (χ0v) is 18.3. The van der Waals surface area contributed by atoms with E-state index in [9.17, 15) is 4.79 Å². The lowest BCUT2D eigenvalue weighted by atomic mass is 9.95. The van der Waals surface area contributed by atoms with Crippen LogP contribution in [-0.4, -0.2) is 37.6 Å². The van der Waals surface area contributed by atoms with Gasteiger partial charge >= 0.3 is 0 Å². The number of ether oxygens (including phenoxy) is 1. The molecule has 1 fully saturated rings. The number of hydrogen-bond acceptors (Lipinski definition) is 3. The lowest BCUT2D eigenvalue weighted by molar-refractivity contribution is -0.126. The lowest BCUT2D eigenvalue weighted by Crippen LogP contribution is -2.40. The van der Waals surface area contributed by atoms with Gasteiger partial charge in [0.25, 0.3) is 0 Å². The summed E-state index contributed by atoms with van der Waals surface area (Å²) in [5.41, 5.74) is 2.31. The fourth-order valence-corrected chi connectivity index (χ4v) is 4.19. The van der Waals surface area contributed by atoms with Crippen LogP contribution in [0.25, 0.3) is 0 Å². The van der Waals surface area contributed by atoms with Crippen molar-refractivity contribution in [1.29, 1.82) is 0 Å². The minimum Gasteiger partial charge on any atom is -0.497 e. The summed E-state index contributed by atoms with van der Waals surface area (Å²) in [6.07, 6.45) is 3.62. The molecule has 1 amide bonds.